The molecular weight excluding hydrogens is 323 g/mol. The smallest absolute Gasteiger partial charge is 0.272 e. The zero-order valence-electron chi connectivity index (χ0n) is 11.0. The minimum atomic E-state index is -4.04. The zero-order chi connectivity index (χ0) is 15.9. The molecule has 0 aromatic heterocycles. The van der Waals surface area contributed by atoms with Gasteiger partial charge in [0.2, 0.25) is 10.0 Å². The van der Waals surface area contributed by atoms with E-state index >= 15 is 0 Å². The summed E-state index contributed by atoms with van der Waals surface area (Å²) in [4.78, 5) is 9.05. The van der Waals surface area contributed by atoms with Crippen LogP contribution in [0.15, 0.2) is 23.1 Å². The lowest BCUT2D eigenvalue weighted by Gasteiger charge is -2.07. The van der Waals surface area contributed by atoms with Gasteiger partial charge in [-0.25, -0.2) is 17.5 Å². The van der Waals surface area contributed by atoms with Gasteiger partial charge in [0, 0.05) is 25.0 Å². The van der Waals surface area contributed by atoms with E-state index in [-0.39, 0.29) is 13.2 Å². The van der Waals surface area contributed by atoms with E-state index in [1.54, 1.807) is 0 Å². The van der Waals surface area contributed by atoms with Crippen molar-refractivity contribution in [2.45, 2.75) is 11.3 Å². The number of hydrogen-bond donors (Lipinski definition) is 2. The molecule has 0 unspecified atom stereocenters. The number of sulfonamides is 1. The van der Waals surface area contributed by atoms with E-state index in [0.717, 1.165) is 12.1 Å². The molecule has 10 heteroatoms. The van der Waals surface area contributed by atoms with Gasteiger partial charge in [-0.3, -0.25) is 10.1 Å². The molecule has 1 aromatic rings. The molecule has 0 aliphatic carbocycles. The Morgan fingerprint density at radius 3 is 2.67 bits per heavy atom. The Balaban J connectivity index is 2.64. The van der Waals surface area contributed by atoms with Crippen LogP contribution in [0.25, 0.3) is 0 Å². The summed E-state index contributed by atoms with van der Waals surface area (Å²) in [6, 6.07) is 2.38. The van der Waals surface area contributed by atoms with Gasteiger partial charge in [-0.05, 0) is 18.2 Å². The molecular formula is C11H15FN2O5S2. The van der Waals surface area contributed by atoms with E-state index in [1.807, 2.05) is 0 Å². The van der Waals surface area contributed by atoms with Crippen LogP contribution in [-0.4, -0.2) is 43.1 Å². The summed E-state index contributed by atoms with van der Waals surface area (Å²) >= 11 is 1.45. The molecule has 118 valence electrons. The number of nitrogens with zero attached hydrogens (tertiary/aromatic N) is 1. The highest BCUT2D eigenvalue weighted by atomic mass is 32.2. The minimum absolute atomic E-state index is 0.0761. The maximum Gasteiger partial charge on any atom is 0.272 e. The second-order valence-electron chi connectivity index (χ2n) is 3.96. The average Bonchev–Trinajstić information content (AvgIpc) is 2.42. The molecule has 0 radical (unpaired) electrons. The average molecular weight is 338 g/mol. The van der Waals surface area contributed by atoms with Crippen molar-refractivity contribution in [3.8, 4) is 0 Å². The fourth-order valence-electron chi connectivity index (χ4n) is 1.42. The topological polar surface area (TPSA) is 110 Å². The molecule has 0 atom stereocenters. The minimum Gasteiger partial charge on any atom is -0.396 e. The molecule has 0 heterocycles. The van der Waals surface area contributed by atoms with Gasteiger partial charge in [0.05, 0.1) is 11.0 Å². The summed E-state index contributed by atoms with van der Waals surface area (Å²) < 4.78 is 39.6. The van der Waals surface area contributed by atoms with E-state index in [0.29, 0.717) is 24.0 Å². The third-order valence-electron chi connectivity index (χ3n) is 2.40. The van der Waals surface area contributed by atoms with Gasteiger partial charge < -0.3 is 5.11 Å². The van der Waals surface area contributed by atoms with Crippen molar-refractivity contribution in [1.82, 2.24) is 4.72 Å². The number of hydrogen-bond acceptors (Lipinski definition) is 6. The highest BCUT2D eigenvalue weighted by molar-refractivity contribution is 7.99. The fourth-order valence-corrected chi connectivity index (χ4v) is 3.42. The second-order valence-corrected chi connectivity index (χ2v) is 6.92. The maximum absolute atomic E-state index is 13.6. The van der Waals surface area contributed by atoms with Crippen LogP contribution in [0.5, 0.6) is 0 Å². The third-order valence-corrected chi connectivity index (χ3v) is 4.97. The first-order chi connectivity index (χ1) is 9.88. The fraction of sp³-hybridized carbons (Fsp3) is 0.455. The zero-order valence-corrected chi connectivity index (χ0v) is 12.6. The van der Waals surface area contributed by atoms with Gasteiger partial charge in [0.15, 0.2) is 0 Å². The molecule has 7 nitrogen and oxygen atoms in total. The molecule has 1 aromatic carbocycles. The monoisotopic (exact) mass is 338 g/mol. The lowest BCUT2D eigenvalue weighted by molar-refractivity contribution is -0.385. The first-order valence-corrected chi connectivity index (χ1v) is 8.64. The number of nitrogens with one attached hydrogen (secondary N) is 1. The van der Waals surface area contributed by atoms with Crippen molar-refractivity contribution in [2.75, 3.05) is 24.7 Å². The number of nitro benzene ring substituents is 1. The van der Waals surface area contributed by atoms with Gasteiger partial charge in [-0.1, -0.05) is 0 Å². The first kappa shape index (κ1) is 17.8. The summed E-state index contributed by atoms with van der Waals surface area (Å²) in [7, 11) is -4.04. The molecule has 0 amide bonds. The summed E-state index contributed by atoms with van der Waals surface area (Å²) in [5.41, 5.74) is -0.508. The van der Waals surface area contributed by atoms with Crippen LogP contribution >= 0.6 is 11.8 Å². The Morgan fingerprint density at radius 2 is 2.10 bits per heavy atom. The number of halogens is 1. The number of aliphatic hydroxyl groups excluding tert-OH is 1. The van der Waals surface area contributed by atoms with Gasteiger partial charge >= 0.3 is 0 Å². The summed E-state index contributed by atoms with van der Waals surface area (Å²) in [6.45, 7) is 0.182. The number of thioether (sulfide) groups is 1. The van der Waals surface area contributed by atoms with E-state index < -0.39 is 31.3 Å². The number of nitro groups is 1. The Hall–Kier alpha value is -1.23. The molecule has 0 spiro atoms. The number of rotatable bonds is 9. The van der Waals surface area contributed by atoms with Gasteiger partial charge in [0.1, 0.15) is 10.7 Å². The van der Waals surface area contributed by atoms with Crippen molar-refractivity contribution in [3.63, 3.8) is 0 Å². The second kappa shape index (κ2) is 8.27. The van der Waals surface area contributed by atoms with Crippen LogP contribution in [0.2, 0.25) is 0 Å². The van der Waals surface area contributed by atoms with Crippen molar-refractivity contribution in [2.24, 2.45) is 0 Å². The van der Waals surface area contributed by atoms with Crippen molar-refractivity contribution < 1.29 is 22.8 Å². The third kappa shape index (κ3) is 5.58. The summed E-state index contributed by atoms with van der Waals surface area (Å²) in [6.07, 6.45) is 0.619. The van der Waals surface area contributed by atoms with E-state index in [4.69, 9.17) is 5.11 Å². The molecule has 0 aliphatic rings. The number of benzene rings is 1. The number of non-ortho nitro benzene ring substituents is 1. The van der Waals surface area contributed by atoms with Crippen LogP contribution in [0, 0.1) is 15.9 Å². The van der Waals surface area contributed by atoms with Gasteiger partial charge in [-0.15, -0.1) is 0 Å². The van der Waals surface area contributed by atoms with E-state index in [9.17, 15) is 22.9 Å². The highest BCUT2D eigenvalue weighted by Gasteiger charge is 2.21. The molecule has 0 bridgehead atoms. The van der Waals surface area contributed by atoms with Crippen LogP contribution < -0.4 is 4.72 Å². The van der Waals surface area contributed by atoms with E-state index in [2.05, 4.69) is 4.72 Å². The normalized spacial score (nSPS) is 11.5. The Morgan fingerprint density at radius 1 is 1.38 bits per heavy atom. The molecule has 21 heavy (non-hydrogen) atoms. The molecule has 1 rings (SSSR count). The predicted octanol–water partition coefficient (Wildman–Crippen LogP) is 1.13. The Labute approximate surface area is 125 Å². The van der Waals surface area contributed by atoms with Crippen LogP contribution in [0.4, 0.5) is 10.1 Å². The van der Waals surface area contributed by atoms with Crippen LogP contribution in [0.1, 0.15) is 6.42 Å². The van der Waals surface area contributed by atoms with Crippen molar-refractivity contribution in [1.29, 1.82) is 0 Å². The summed E-state index contributed by atoms with van der Waals surface area (Å²) in [5.74, 6) is 0.0161. The van der Waals surface area contributed by atoms with Crippen molar-refractivity contribution >= 4 is 27.5 Å². The number of aliphatic hydroxyl groups is 1. The molecule has 0 aliphatic heterocycles. The molecule has 0 fully saturated rings. The Kier molecular flexibility index (Phi) is 7.02. The van der Waals surface area contributed by atoms with Gasteiger partial charge in [-0.2, -0.15) is 11.8 Å². The quantitative estimate of drug-likeness (QED) is 0.397. The lowest BCUT2D eigenvalue weighted by Crippen LogP contribution is -2.27. The molecule has 0 saturated carbocycles. The lowest BCUT2D eigenvalue weighted by atomic mass is 10.3. The maximum atomic E-state index is 13.6. The van der Waals surface area contributed by atoms with Crippen LogP contribution in [-0.2, 0) is 10.0 Å². The van der Waals surface area contributed by atoms with Crippen LogP contribution in [0.3, 0.4) is 0 Å². The SMILES string of the molecule is O=[N+]([O-])c1ccc(S(=O)(=O)NCCSCCCO)c(F)c1. The van der Waals surface area contributed by atoms with Gasteiger partial charge in [0.25, 0.3) is 5.69 Å². The highest BCUT2D eigenvalue weighted by Crippen LogP contribution is 2.20. The molecule has 0 saturated heterocycles. The van der Waals surface area contributed by atoms with Crippen molar-refractivity contribution in [3.05, 3.63) is 34.1 Å². The Bertz CT molecular complexity index is 594. The van der Waals surface area contributed by atoms with E-state index in [1.165, 1.54) is 11.8 Å². The molecule has 2 N–H and O–H groups in total. The summed E-state index contributed by atoms with van der Waals surface area (Å²) in [5, 5.41) is 19.0. The first-order valence-electron chi connectivity index (χ1n) is 6.00. The largest absolute Gasteiger partial charge is 0.396 e. The predicted molar refractivity (Wildman–Crippen MR) is 77.3 cm³/mol. The standard InChI is InChI=1S/C11H15FN2O5S2/c12-10-8-9(14(16)17)2-3-11(10)21(18,19)13-4-7-20-6-1-5-15/h2-3,8,13,15H,1,4-7H2.